The molecule has 0 radical (unpaired) electrons. The second kappa shape index (κ2) is 3.88. The van der Waals surface area contributed by atoms with Gasteiger partial charge in [-0.15, -0.1) is 0 Å². The molecule has 1 rings (SSSR count). The van der Waals surface area contributed by atoms with E-state index in [-0.39, 0.29) is 11.3 Å². The molecule has 0 fully saturated rings. The van der Waals surface area contributed by atoms with Gasteiger partial charge < -0.3 is 0 Å². The van der Waals surface area contributed by atoms with Crippen molar-refractivity contribution in [1.82, 2.24) is 0 Å². The molecule has 0 aromatic heterocycles. The highest BCUT2D eigenvalue weighted by Gasteiger charge is 2.22. The highest BCUT2D eigenvalue weighted by atomic mass is 16.6. The van der Waals surface area contributed by atoms with E-state index in [0.717, 1.165) is 12.1 Å². The Balaban J connectivity index is 3.47. The summed E-state index contributed by atoms with van der Waals surface area (Å²) in [6, 6.07) is 2.03. The maximum absolute atomic E-state index is 10.5. The van der Waals surface area contributed by atoms with Gasteiger partial charge in [-0.25, -0.2) is 0 Å². The van der Waals surface area contributed by atoms with E-state index in [9.17, 15) is 20.2 Å². The number of hydrogen-bond donors (Lipinski definition) is 2. The number of anilines is 1. The molecule has 0 aliphatic heterocycles. The highest BCUT2D eigenvalue weighted by Crippen LogP contribution is 2.31. The maximum Gasteiger partial charge on any atom is 0.281 e. The molecule has 0 spiro atoms. The van der Waals surface area contributed by atoms with Gasteiger partial charge in [-0.2, -0.15) is 0 Å². The Bertz CT molecular complexity index is 396. The number of rotatable bonds is 3. The summed E-state index contributed by atoms with van der Waals surface area (Å²) in [5, 5.41) is 29.6. The van der Waals surface area contributed by atoms with Crippen LogP contribution in [-0.2, 0) is 0 Å². The fourth-order valence-corrected chi connectivity index (χ4v) is 1.13. The van der Waals surface area contributed by atoms with Gasteiger partial charge in [0, 0.05) is 12.1 Å². The van der Waals surface area contributed by atoms with Gasteiger partial charge in [0.05, 0.1) is 15.5 Å². The molecule has 2 N–H and O–H groups in total. The number of hydrogen-bond acceptors (Lipinski definition) is 6. The van der Waals surface area contributed by atoms with E-state index in [2.05, 4.69) is 0 Å². The first kappa shape index (κ1) is 10.9. The van der Waals surface area contributed by atoms with Crippen molar-refractivity contribution < 1.29 is 15.1 Å². The maximum atomic E-state index is 10.5. The molecule has 0 atom stereocenters. The summed E-state index contributed by atoms with van der Waals surface area (Å²) < 4.78 is 0. The molecule has 1 aromatic carbocycles. The van der Waals surface area contributed by atoms with Crippen LogP contribution < -0.4 is 5.48 Å². The van der Waals surface area contributed by atoms with Gasteiger partial charge >= 0.3 is 0 Å². The Morgan fingerprint density at radius 1 is 1.20 bits per heavy atom. The third kappa shape index (κ3) is 1.99. The van der Waals surface area contributed by atoms with E-state index in [1.54, 1.807) is 5.48 Å². The Morgan fingerprint density at radius 2 is 1.60 bits per heavy atom. The van der Waals surface area contributed by atoms with Crippen molar-refractivity contribution in [2.75, 3.05) is 5.48 Å². The highest BCUT2D eigenvalue weighted by molar-refractivity contribution is 5.63. The van der Waals surface area contributed by atoms with Crippen LogP contribution in [0.5, 0.6) is 0 Å². The second-order valence-electron chi connectivity index (χ2n) is 2.77. The van der Waals surface area contributed by atoms with Crippen molar-refractivity contribution >= 4 is 17.1 Å². The van der Waals surface area contributed by atoms with Crippen molar-refractivity contribution in [3.8, 4) is 0 Å². The molecular weight excluding hydrogens is 206 g/mol. The number of nitrogens with zero attached hydrogens (tertiary/aromatic N) is 2. The minimum Gasteiger partial charge on any atom is -0.291 e. The lowest BCUT2D eigenvalue weighted by molar-refractivity contribution is -0.395. The lowest BCUT2D eigenvalue weighted by atomic mass is 10.1. The first-order valence-corrected chi connectivity index (χ1v) is 3.81. The monoisotopic (exact) mass is 213 g/mol. The van der Waals surface area contributed by atoms with Crippen LogP contribution in [-0.4, -0.2) is 15.1 Å². The van der Waals surface area contributed by atoms with Crippen LogP contribution in [0, 0.1) is 27.2 Å². The van der Waals surface area contributed by atoms with Gasteiger partial charge in [-0.1, -0.05) is 0 Å². The van der Waals surface area contributed by atoms with Crippen LogP contribution in [0.4, 0.5) is 17.1 Å². The van der Waals surface area contributed by atoms with Crippen LogP contribution >= 0.6 is 0 Å². The first-order chi connectivity index (χ1) is 6.97. The molecule has 0 saturated carbocycles. The van der Waals surface area contributed by atoms with Crippen molar-refractivity contribution in [2.24, 2.45) is 0 Å². The van der Waals surface area contributed by atoms with Crippen molar-refractivity contribution in [3.63, 3.8) is 0 Å². The lowest BCUT2D eigenvalue weighted by Crippen LogP contribution is -2.00. The van der Waals surface area contributed by atoms with Crippen LogP contribution in [0.1, 0.15) is 5.56 Å². The molecule has 0 amide bonds. The fourth-order valence-electron chi connectivity index (χ4n) is 1.13. The summed E-state index contributed by atoms with van der Waals surface area (Å²) in [7, 11) is 0. The summed E-state index contributed by atoms with van der Waals surface area (Å²) in [6.07, 6.45) is 0. The van der Waals surface area contributed by atoms with E-state index in [4.69, 9.17) is 5.21 Å². The van der Waals surface area contributed by atoms with Gasteiger partial charge in [-0.3, -0.25) is 30.9 Å². The van der Waals surface area contributed by atoms with Gasteiger partial charge in [0.2, 0.25) is 0 Å². The Hall–Kier alpha value is -2.22. The second-order valence-corrected chi connectivity index (χ2v) is 2.77. The van der Waals surface area contributed by atoms with Crippen molar-refractivity contribution in [3.05, 3.63) is 37.9 Å². The molecule has 0 aliphatic carbocycles. The Labute approximate surface area is 83.4 Å². The van der Waals surface area contributed by atoms with Crippen LogP contribution in [0.3, 0.4) is 0 Å². The molecule has 0 bridgehead atoms. The van der Waals surface area contributed by atoms with Crippen molar-refractivity contribution in [2.45, 2.75) is 6.92 Å². The smallest absolute Gasteiger partial charge is 0.281 e. The van der Waals surface area contributed by atoms with E-state index in [1.807, 2.05) is 0 Å². The molecule has 0 unspecified atom stereocenters. The zero-order valence-electron chi connectivity index (χ0n) is 7.63. The molecule has 0 aliphatic rings. The molecule has 15 heavy (non-hydrogen) atoms. The predicted octanol–water partition coefficient (Wildman–Crippen LogP) is 1.61. The van der Waals surface area contributed by atoms with Crippen molar-refractivity contribution in [1.29, 1.82) is 0 Å². The lowest BCUT2D eigenvalue weighted by Gasteiger charge is -2.02. The van der Waals surface area contributed by atoms with Gasteiger partial charge in [-0.05, 0) is 6.92 Å². The molecule has 8 nitrogen and oxygen atoms in total. The third-order valence-corrected chi connectivity index (χ3v) is 1.88. The van der Waals surface area contributed by atoms with E-state index in [1.165, 1.54) is 6.92 Å². The van der Waals surface area contributed by atoms with Crippen LogP contribution in [0.25, 0.3) is 0 Å². The largest absolute Gasteiger partial charge is 0.291 e. The summed E-state index contributed by atoms with van der Waals surface area (Å²) >= 11 is 0. The van der Waals surface area contributed by atoms with E-state index < -0.39 is 21.2 Å². The normalized spacial score (nSPS) is 9.73. The average molecular weight is 213 g/mol. The standard InChI is InChI=1S/C7H7N3O5/c1-4-6(9(12)13)2-5(8-11)3-7(4)10(14)15/h2-3,8,11H,1H3. The Kier molecular flexibility index (Phi) is 2.81. The number of nitro groups is 2. The molecule has 1 aromatic rings. The first-order valence-electron chi connectivity index (χ1n) is 3.81. The van der Waals surface area contributed by atoms with Gasteiger partial charge in [0.25, 0.3) is 11.4 Å². The minimum absolute atomic E-state index is 0.0519. The van der Waals surface area contributed by atoms with Crippen LogP contribution in [0.15, 0.2) is 12.1 Å². The van der Waals surface area contributed by atoms with E-state index >= 15 is 0 Å². The topological polar surface area (TPSA) is 119 Å². The predicted molar refractivity (Wildman–Crippen MR) is 49.9 cm³/mol. The molecule has 0 heterocycles. The quantitative estimate of drug-likeness (QED) is 0.581. The fraction of sp³-hybridized carbons (Fsp3) is 0.143. The minimum atomic E-state index is -0.747. The third-order valence-electron chi connectivity index (χ3n) is 1.88. The van der Waals surface area contributed by atoms with E-state index in [0.29, 0.717) is 0 Å². The summed E-state index contributed by atoms with van der Waals surface area (Å²) in [6.45, 7) is 1.28. The van der Waals surface area contributed by atoms with Gasteiger partial charge in [0.15, 0.2) is 0 Å². The van der Waals surface area contributed by atoms with Gasteiger partial charge in [0.1, 0.15) is 5.56 Å². The van der Waals surface area contributed by atoms with Crippen LogP contribution in [0.2, 0.25) is 0 Å². The summed E-state index contributed by atoms with van der Waals surface area (Å²) in [4.78, 5) is 19.6. The summed E-state index contributed by atoms with van der Waals surface area (Å²) in [5.74, 6) is 0. The SMILES string of the molecule is Cc1c([N+](=O)[O-])cc(NO)cc1[N+](=O)[O-]. The zero-order valence-corrected chi connectivity index (χ0v) is 7.63. The number of nitrogens with one attached hydrogen (secondary N) is 1. The summed E-state index contributed by atoms with van der Waals surface area (Å²) in [5.41, 5.74) is 0.654. The molecular formula is C7H7N3O5. The number of benzene rings is 1. The zero-order chi connectivity index (χ0) is 11.6. The molecule has 8 heteroatoms. The molecule has 0 saturated heterocycles. The Morgan fingerprint density at radius 3 is 1.87 bits per heavy atom. The average Bonchev–Trinajstić information content (AvgIpc) is 2.17. The molecule has 80 valence electrons. The number of nitro benzene ring substituents is 2.